The van der Waals surface area contributed by atoms with Crippen molar-refractivity contribution in [3.8, 4) is 0 Å². The Balaban J connectivity index is 3.01. The van der Waals surface area contributed by atoms with Crippen LogP contribution in [0.25, 0.3) is 0 Å². The second-order valence-electron chi connectivity index (χ2n) is 2.79. The number of rotatable bonds is 2. The molecule has 0 aliphatic rings. The number of aliphatic hydroxyl groups is 1. The van der Waals surface area contributed by atoms with E-state index in [-0.39, 0.29) is 5.69 Å². The lowest BCUT2D eigenvalue weighted by atomic mass is 10.1. The third-order valence-corrected chi connectivity index (χ3v) is 2.11. The summed E-state index contributed by atoms with van der Waals surface area (Å²) < 4.78 is 13.7. The average Bonchev–Trinajstić information content (AvgIpc) is 2.03. The summed E-state index contributed by atoms with van der Waals surface area (Å²) in [6, 6.07) is 0.484. The second kappa shape index (κ2) is 4.13. The van der Waals surface area contributed by atoms with Gasteiger partial charge in [-0.3, -0.25) is 4.98 Å². The minimum absolute atomic E-state index is 0.0817. The van der Waals surface area contributed by atoms with Crippen LogP contribution in [-0.2, 0) is 0 Å². The van der Waals surface area contributed by atoms with Gasteiger partial charge in [-0.15, -0.1) is 0 Å². The van der Waals surface area contributed by atoms with Gasteiger partial charge in [-0.05, 0) is 28.9 Å². The summed E-state index contributed by atoms with van der Waals surface area (Å²) in [7, 11) is 0. The summed E-state index contributed by atoms with van der Waals surface area (Å²) in [5.41, 5.74) is 5.60. The smallest absolute Gasteiger partial charge is 0.147 e. The molecule has 3 nitrogen and oxygen atoms in total. The van der Waals surface area contributed by atoms with E-state index >= 15 is 0 Å². The van der Waals surface area contributed by atoms with Crippen molar-refractivity contribution in [2.45, 2.75) is 19.1 Å². The van der Waals surface area contributed by atoms with Crippen LogP contribution >= 0.6 is 15.9 Å². The van der Waals surface area contributed by atoms with Gasteiger partial charge in [0.1, 0.15) is 5.82 Å². The van der Waals surface area contributed by atoms with E-state index in [2.05, 4.69) is 20.9 Å². The van der Waals surface area contributed by atoms with Crippen molar-refractivity contribution in [2.24, 2.45) is 5.73 Å². The maximum Gasteiger partial charge on any atom is 0.147 e. The molecule has 3 N–H and O–H groups in total. The quantitative estimate of drug-likeness (QED) is 0.832. The first-order valence-corrected chi connectivity index (χ1v) is 4.56. The molecule has 1 heterocycles. The lowest BCUT2D eigenvalue weighted by Crippen LogP contribution is -2.25. The van der Waals surface area contributed by atoms with Gasteiger partial charge in [-0.1, -0.05) is 0 Å². The van der Waals surface area contributed by atoms with Crippen molar-refractivity contribution in [3.05, 3.63) is 28.2 Å². The summed E-state index contributed by atoms with van der Waals surface area (Å²) in [6.07, 6.45) is 0.629. The highest BCUT2D eigenvalue weighted by Gasteiger charge is 2.17. The Bertz CT molecular complexity index is 306. The Hall–Kier alpha value is -0.520. The zero-order valence-corrected chi connectivity index (χ0v) is 8.62. The summed E-state index contributed by atoms with van der Waals surface area (Å²) in [5, 5.41) is 9.12. The van der Waals surface area contributed by atoms with Crippen molar-refractivity contribution in [2.75, 3.05) is 0 Å². The van der Waals surface area contributed by atoms with Crippen molar-refractivity contribution < 1.29 is 9.50 Å². The topological polar surface area (TPSA) is 59.1 Å². The molecule has 1 aromatic heterocycles. The van der Waals surface area contributed by atoms with E-state index in [0.717, 1.165) is 0 Å². The van der Waals surface area contributed by atoms with E-state index in [4.69, 9.17) is 10.8 Å². The van der Waals surface area contributed by atoms with Gasteiger partial charge in [0.2, 0.25) is 0 Å². The van der Waals surface area contributed by atoms with Crippen LogP contribution in [-0.4, -0.2) is 16.2 Å². The van der Waals surface area contributed by atoms with Crippen molar-refractivity contribution in [1.82, 2.24) is 4.98 Å². The molecule has 72 valence electrons. The number of nitrogens with two attached hydrogens (primary N) is 1. The number of nitrogens with zero attached hydrogens (tertiary/aromatic N) is 1. The zero-order chi connectivity index (χ0) is 10.0. The van der Waals surface area contributed by atoms with Crippen LogP contribution in [0, 0.1) is 5.82 Å². The van der Waals surface area contributed by atoms with Gasteiger partial charge in [0, 0.05) is 10.7 Å². The predicted molar refractivity (Wildman–Crippen MR) is 50.5 cm³/mol. The molecule has 0 radical (unpaired) electrons. The van der Waals surface area contributed by atoms with Gasteiger partial charge in [0.05, 0.1) is 17.8 Å². The highest BCUT2D eigenvalue weighted by Crippen LogP contribution is 2.18. The number of halogens is 2. The molecular weight excluding hydrogens is 239 g/mol. The first kappa shape index (κ1) is 10.6. The third kappa shape index (κ3) is 2.46. The molecule has 0 unspecified atom stereocenters. The van der Waals surface area contributed by atoms with E-state index < -0.39 is 18.0 Å². The normalized spacial score (nSPS) is 15.5. The Kier molecular flexibility index (Phi) is 3.35. The monoisotopic (exact) mass is 248 g/mol. The van der Waals surface area contributed by atoms with Crippen LogP contribution in [0.3, 0.4) is 0 Å². The Morgan fingerprint density at radius 3 is 2.77 bits per heavy atom. The number of hydrogen-bond donors (Lipinski definition) is 2. The van der Waals surface area contributed by atoms with Crippen molar-refractivity contribution in [3.63, 3.8) is 0 Å². The van der Waals surface area contributed by atoms with Gasteiger partial charge >= 0.3 is 0 Å². The van der Waals surface area contributed by atoms with E-state index in [1.807, 2.05) is 0 Å². The number of pyridine rings is 1. The van der Waals surface area contributed by atoms with Gasteiger partial charge in [-0.25, -0.2) is 4.39 Å². The Labute approximate surface area is 83.9 Å². The lowest BCUT2D eigenvalue weighted by Gasteiger charge is -2.14. The van der Waals surface area contributed by atoms with Crippen LogP contribution in [0.15, 0.2) is 16.7 Å². The molecule has 5 heteroatoms. The fraction of sp³-hybridized carbons (Fsp3) is 0.375. The summed E-state index contributed by atoms with van der Waals surface area (Å²) in [6.45, 7) is 1.49. The van der Waals surface area contributed by atoms with Gasteiger partial charge < -0.3 is 10.8 Å². The summed E-state index contributed by atoms with van der Waals surface area (Å²) >= 11 is 3.08. The molecule has 0 bridgehead atoms. The molecule has 0 aromatic carbocycles. The summed E-state index contributed by atoms with van der Waals surface area (Å²) in [5.74, 6) is -0.511. The van der Waals surface area contributed by atoms with Crippen LogP contribution in [0.4, 0.5) is 4.39 Å². The maximum absolute atomic E-state index is 13.2. The first-order chi connectivity index (χ1) is 6.02. The minimum Gasteiger partial charge on any atom is -0.391 e. The maximum atomic E-state index is 13.2. The molecule has 1 rings (SSSR count). The first-order valence-electron chi connectivity index (χ1n) is 3.77. The SMILES string of the molecule is C[C@H](O)[C@H](N)c1ncc(Br)cc1F. The highest BCUT2D eigenvalue weighted by molar-refractivity contribution is 9.10. The molecule has 0 aliphatic heterocycles. The fourth-order valence-electron chi connectivity index (χ4n) is 0.899. The molecule has 0 amide bonds. The van der Waals surface area contributed by atoms with Crippen molar-refractivity contribution in [1.29, 1.82) is 0 Å². The largest absolute Gasteiger partial charge is 0.391 e. The Morgan fingerprint density at radius 1 is 1.69 bits per heavy atom. The number of aliphatic hydroxyl groups excluding tert-OH is 1. The van der Waals surface area contributed by atoms with Crippen LogP contribution in [0.2, 0.25) is 0 Å². The predicted octanol–water partition coefficient (Wildman–Crippen LogP) is 1.36. The summed E-state index contributed by atoms with van der Waals surface area (Å²) in [4.78, 5) is 3.79. The standard InChI is InChI=1S/C8H10BrFN2O/c1-4(13)7(11)8-6(10)2-5(9)3-12-8/h2-4,7,13H,11H2,1H3/t4-,7-/m0/s1. The number of hydrogen-bond acceptors (Lipinski definition) is 3. The third-order valence-electron chi connectivity index (χ3n) is 1.67. The average molecular weight is 249 g/mol. The van der Waals surface area contributed by atoms with Gasteiger partial charge in [-0.2, -0.15) is 0 Å². The highest BCUT2D eigenvalue weighted by atomic mass is 79.9. The molecule has 0 fully saturated rings. The van der Waals surface area contributed by atoms with E-state index in [1.54, 1.807) is 0 Å². The molecule has 0 aliphatic carbocycles. The molecule has 13 heavy (non-hydrogen) atoms. The van der Waals surface area contributed by atoms with Crippen LogP contribution in [0.5, 0.6) is 0 Å². The molecular formula is C8H10BrFN2O. The lowest BCUT2D eigenvalue weighted by molar-refractivity contribution is 0.160. The van der Waals surface area contributed by atoms with E-state index in [1.165, 1.54) is 19.2 Å². The van der Waals surface area contributed by atoms with Crippen LogP contribution in [0.1, 0.15) is 18.7 Å². The minimum atomic E-state index is -0.817. The molecule has 0 saturated heterocycles. The van der Waals surface area contributed by atoms with Gasteiger partial charge in [0.15, 0.2) is 0 Å². The zero-order valence-electron chi connectivity index (χ0n) is 7.04. The number of aromatic nitrogens is 1. The fourth-order valence-corrected chi connectivity index (χ4v) is 1.20. The molecule has 0 spiro atoms. The van der Waals surface area contributed by atoms with Crippen molar-refractivity contribution >= 4 is 15.9 Å². The molecule has 2 atom stereocenters. The second-order valence-corrected chi connectivity index (χ2v) is 3.70. The van der Waals surface area contributed by atoms with Gasteiger partial charge in [0.25, 0.3) is 0 Å². The van der Waals surface area contributed by atoms with E-state index in [9.17, 15) is 4.39 Å². The van der Waals surface area contributed by atoms with Crippen LogP contribution < -0.4 is 5.73 Å². The Morgan fingerprint density at radius 2 is 2.31 bits per heavy atom. The molecule has 0 saturated carbocycles. The van der Waals surface area contributed by atoms with E-state index in [0.29, 0.717) is 4.47 Å². The molecule has 1 aromatic rings.